The van der Waals surface area contributed by atoms with Crippen molar-refractivity contribution in [1.29, 1.82) is 0 Å². The summed E-state index contributed by atoms with van der Waals surface area (Å²) < 4.78 is 34.2. The van der Waals surface area contributed by atoms with Crippen molar-refractivity contribution in [2.24, 2.45) is 0 Å². The van der Waals surface area contributed by atoms with Crippen molar-refractivity contribution < 1.29 is 89.4 Å². The van der Waals surface area contributed by atoms with Gasteiger partial charge in [0.25, 0.3) is 0 Å². The van der Waals surface area contributed by atoms with E-state index in [0.29, 0.717) is 12.8 Å². The molecule has 19 nitrogen and oxygen atoms in total. The third-order valence-electron chi connectivity index (χ3n) is 15.8. The molecule has 504 valence electrons. The van der Waals surface area contributed by atoms with E-state index in [0.717, 1.165) is 103 Å². The van der Waals surface area contributed by atoms with E-state index >= 15 is 0 Å². The monoisotopic (exact) mass is 1250 g/mol. The number of nitrogens with one attached hydrogen (secondary N) is 1. The molecule has 3 aliphatic rings. The van der Waals surface area contributed by atoms with Crippen LogP contribution in [0.1, 0.15) is 187 Å². The zero-order valence-electron chi connectivity index (χ0n) is 52.9. The third-order valence-corrected chi connectivity index (χ3v) is 15.8. The van der Waals surface area contributed by atoms with Gasteiger partial charge in [-0.15, -0.1) is 0 Å². The number of hydrogen-bond donors (Lipinski definition) is 12. The molecule has 1 amide bonds. The van der Waals surface area contributed by atoms with Crippen molar-refractivity contribution in [3.05, 3.63) is 109 Å². The van der Waals surface area contributed by atoms with E-state index in [1.54, 1.807) is 6.08 Å². The molecule has 3 saturated heterocycles. The molecule has 0 aromatic heterocycles. The minimum atomic E-state index is -1.98. The van der Waals surface area contributed by atoms with E-state index in [2.05, 4.69) is 116 Å². The lowest BCUT2D eigenvalue weighted by Gasteiger charge is -2.48. The van der Waals surface area contributed by atoms with Gasteiger partial charge in [0.15, 0.2) is 18.9 Å². The van der Waals surface area contributed by atoms with Crippen LogP contribution in [0.2, 0.25) is 0 Å². The SMILES string of the molecule is CC/C=C\C/C=C\C/C=C\C/C=C\C/C=C\C/C=C\C/C=C\CCCCCCCCCCCCCCCC(=O)NC(COC1OC(CO)C(OC2OC(CO)C(OC3OC(CO)C(O)C(O)C3O)C(O)C2O)C(O)C1O)C(O)/C=C/CC/C=C/CCCC. The van der Waals surface area contributed by atoms with E-state index in [-0.39, 0.29) is 18.9 Å². The smallest absolute Gasteiger partial charge is 0.220 e. The predicted octanol–water partition coefficient (Wildman–Crippen LogP) is 7.88. The molecule has 3 aliphatic heterocycles. The van der Waals surface area contributed by atoms with Crippen LogP contribution in [0.5, 0.6) is 0 Å². The van der Waals surface area contributed by atoms with Crippen molar-refractivity contribution in [3.8, 4) is 0 Å². The number of hydrogen-bond acceptors (Lipinski definition) is 18. The lowest BCUT2D eigenvalue weighted by atomic mass is 9.96. The number of carbonyl (C=O) groups excluding carboxylic acids is 1. The quantitative estimate of drug-likeness (QED) is 0.0204. The van der Waals surface area contributed by atoms with Gasteiger partial charge in [-0.2, -0.15) is 0 Å². The second-order valence-electron chi connectivity index (χ2n) is 23.2. The molecule has 0 bridgehead atoms. The number of unbranched alkanes of at least 4 members (excludes halogenated alkanes) is 16. The highest BCUT2D eigenvalue weighted by molar-refractivity contribution is 5.76. The van der Waals surface area contributed by atoms with Gasteiger partial charge in [0.1, 0.15) is 73.2 Å². The Balaban J connectivity index is 1.32. The Kier molecular flexibility index (Phi) is 44.8. The largest absolute Gasteiger partial charge is 0.394 e. The maximum atomic E-state index is 13.3. The summed E-state index contributed by atoms with van der Waals surface area (Å²) in [5, 5.41) is 120. The second-order valence-corrected chi connectivity index (χ2v) is 23.2. The summed E-state index contributed by atoms with van der Waals surface area (Å²) >= 11 is 0. The Labute approximate surface area is 525 Å². The Bertz CT molecular complexity index is 2020. The maximum Gasteiger partial charge on any atom is 0.220 e. The van der Waals surface area contributed by atoms with Crippen LogP contribution in [-0.4, -0.2) is 193 Å². The molecule has 0 aromatic rings. The van der Waals surface area contributed by atoms with E-state index < -0.39 is 124 Å². The Hall–Kier alpha value is -3.55. The first kappa shape index (κ1) is 78.7. The van der Waals surface area contributed by atoms with Crippen LogP contribution in [0.15, 0.2) is 109 Å². The molecule has 0 spiro atoms. The van der Waals surface area contributed by atoms with Crippen molar-refractivity contribution in [3.63, 3.8) is 0 Å². The van der Waals surface area contributed by atoms with Gasteiger partial charge in [-0.05, 0) is 83.5 Å². The third kappa shape index (κ3) is 32.1. The average molecular weight is 1250 g/mol. The van der Waals surface area contributed by atoms with Gasteiger partial charge >= 0.3 is 0 Å². The fourth-order valence-electron chi connectivity index (χ4n) is 10.4. The molecule has 3 fully saturated rings. The van der Waals surface area contributed by atoms with E-state index in [9.17, 15) is 61.0 Å². The highest BCUT2D eigenvalue weighted by Crippen LogP contribution is 2.33. The molecule has 19 heteroatoms. The Morgan fingerprint density at radius 1 is 0.420 bits per heavy atom. The number of allylic oxidation sites excluding steroid dienone is 17. The number of aliphatic hydroxyl groups is 11. The van der Waals surface area contributed by atoms with Crippen molar-refractivity contribution in [1.82, 2.24) is 5.32 Å². The van der Waals surface area contributed by atoms with Crippen LogP contribution in [0, 0.1) is 0 Å². The first-order valence-corrected chi connectivity index (χ1v) is 33.1. The summed E-state index contributed by atoms with van der Waals surface area (Å²) in [5.41, 5.74) is 0. The van der Waals surface area contributed by atoms with E-state index in [1.807, 2.05) is 6.08 Å². The summed E-state index contributed by atoms with van der Waals surface area (Å²) in [6.07, 6.45) is 39.8. The molecular formula is C69H115NO18. The molecule has 3 rings (SSSR count). The molecule has 3 heterocycles. The van der Waals surface area contributed by atoms with Crippen LogP contribution >= 0.6 is 0 Å². The topological polar surface area (TPSA) is 307 Å². The summed E-state index contributed by atoms with van der Waals surface area (Å²) in [7, 11) is 0. The van der Waals surface area contributed by atoms with Crippen LogP contribution in [-0.2, 0) is 33.2 Å². The average Bonchev–Trinajstić information content (AvgIpc) is 1.15. The highest BCUT2D eigenvalue weighted by Gasteiger charge is 2.53. The Morgan fingerprint density at radius 3 is 1.27 bits per heavy atom. The van der Waals surface area contributed by atoms with Crippen LogP contribution in [0.25, 0.3) is 0 Å². The summed E-state index contributed by atoms with van der Waals surface area (Å²) in [5.74, 6) is -0.296. The molecule has 0 aliphatic carbocycles. The van der Waals surface area contributed by atoms with Gasteiger partial charge in [0.05, 0.1) is 38.6 Å². The second kappa shape index (κ2) is 50.1. The van der Waals surface area contributed by atoms with Gasteiger partial charge in [0, 0.05) is 6.42 Å². The van der Waals surface area contributed by atoms with Crippen molar-refractivity contribution in [2.45, 2.75) is 291 Å². The van der Waals surface area contributed by atoms with Gasteiger partial charge < -0.3 is 89.9 Å². The summed E-state index contributed by atoms with van der Waals surface area (Å²) in [4.78, 5) is 13.3. The number of aliphatic hydroxyl groups excluding tert-OH is 11. The van der Waals surface area contributed by atoms with Gasteiger partial charge in [-0.3, -0.25) is 4.79 Å². The standard InChI is InChI=1S/C69H115NO18/c1-3-5-7-9-11-13-14-15-16-17-18-19-20-21-22-23-24-25-26-27-28-29-30-31-32-33-34-35-36-37-38-39-41-43-45-47-57(75)70-52(53(74)46-44-42-40-12-10-8-6-4-2)51-83-67-63(81)60(78)65(55(49-72)85-67)88-69-64(82)61(79)66(56(50-73)86-69)87-68-62(80)59(77)58(76)54(48-71)84-68/h5,7,10-13,15-16,18-19,21-22,24-25,27-28,44,46,52-56,58-69,71-74,76-82H,3-4,6,8-9,14,17,20,23,26,29-43,45,47-51H2,1-2H3,(H,70,75)/b7-5-,12-10+,13-11-,16-15-,19-18-,22-21-,25-24-,28-27-,46-44+. The molecule has 88 heavy (non-hydrogen) atoms. The number of amides is 1. The Morgan fingerprint density at radius 2 is 0.795 bits per heavy atom. The predicted molar refractivity (Wildman–Crippen MR) is 341 cm³/mol. The fourth-order valence-corrected chi connectivity index (χ4v) is 10.4. The van der Waals surface area contributed by atoms with Crippen LogP contribution in [0.4, 0.5) is 0 Å². The molecule has 0 saturated carbocycles. The molecule has 0 radical (unpaired) electrons. The molecule has 17 unspecified atom stereocenters. The maximum absolute atomic E-state index is 13.3. The minimum absolute atomic E-state index is 0.227. The van der Waals surface area contributed by atoms with Crippen molar-refractivity contribution in [2.75, 3.05) is 26.4 Å². The van der Waals surface area contributed by atoms with Gasteiger partial charge in [-0.1, -0.05) is 207 Å². The summed E-state index contributed by atoms with van der Waals surface area (Å²) in [6, 6.07) is -0.994. The number of ether oxygens (including phenoxy) is 6. The lowest BCUT2D eigenvalue weighted by Crippen LogP contribution is -2.66. The zero-order valence-corrected chi connectivity index (χ0v) is 52.9. The van der Waals surface area contributed by atoms with Crippen LogP contribution in [0.3, 0.4) is 0 Å². The minimum Gasteiger partial charge on any atom is -0.394 e. The zero-order chi connectivity index (χ0) is 64.0. The fraction of sp³-hybridized carbons (Fsp3) is 0.725. The first-order chi connectivity index (χ1) is 42.8. The van der Waals surface area contributed by atoms with Crippen LogP contribution < -0.4 is 5.32 Å². The molecule has 0 aromatic carbocycles. The first-order valence-electron chi connectivity index (χ1n) is 33.1. The normalized spacial score (nSPS) is 29.1. The lowest BCUT2D eigenvalue weighted by molar-refractivity contribution is -0.379. The molecular weight excluding hydrogens is 1130 g/mol. The molecule has 17 atom stereocenters. The number of rotatable bonds is 48. The van der Waals surface area contributed by atoms with Crippen molar-refractivity contribution >= 4 is 5.91 Å². The number of carbonyl (C=O) groups is 1. The summed E-state index contributed by atoms with van der Waals surface area (Å²) in [6.45, 7) is 1.48. The van der Waals surface area contributed by atoms with E-state index in [1.165, 1.54) is 51.4 Å². The van der Waals surface area contributed by atoms with E-state index in [4.69, 9.17) is 28.4 Å². The van der Waals surface area contributed by atoms with Gasteiger partial charge in [0.2, 0.25) is 5.91 Å². The highest BCUT2D eigenvalue weighted by atomic mass is 16.8. The molecule has 12 N–H and O–H groups in total. The van der Waals surface area contributed by atoms with Gasteiger partial charge in [-0.25, -0.2) is 0 Å².